The fourth-order valence-electron chi connectivity index (χ4n) is 1.87. The van der Waals surface area contributed by atoms with Crippen LogP contribution in [0.1, 0.15) is 16.6 Å². The molecule has 6 heteroatoms. The summed E-state index contributed by atoms with van der Waals surface area (Å²) in [7, 11) is 1.60. The normalized spacial score (nSPS) is 19.6. The van der Waals surface area contributed by atoms with E-state index in [0.717, 1.165) is 19.6 Å². The lowest BCUT2D eigenvalue weighted by Gasteiger charge is -2.31. The van der Waals surface area contributed by atoms with E-state index in [-0.39, 0.29) is 18.3 Å². The SMILES string of the molecule is COc1ccsc1C(=O)N1CCN[C@H](C)C1.Cl. The van der Waals surface area contributed by atoms with Crippen LogP contribution in [0.15, 0.2) is 11.4 Å². The van der Waals surface area contributed by atoms with Gasteiger partial charge < -0.3 is 15.0 Å². The molecule has 1 N–H and O–H groups in total. The van der Waals surface area contributed by atoms with Crippen LogP contribution in [-0.4, -0.2) is 43.6 Å². The fourth-order valence-corrected chi connectivity index (χ4v) is 2.70. The van der Waals surface area contributed by atoms with Crippen LogP contribution in [0.3, 0.4) is 0 Å². The van der Waals surface area contributed by atoms with E-state index in [2.05, 4.69) is 12.2 Å². The zero-order valence-corrected chi connectivity index (χ0v) is 11.6. The summed E-state index contributed by atoms with van der Waals surface area (Å²) in [4.78, 5) is 14.8. The molecule has 1 fully saturated rings. The maximum absolute atomic E-state index is 12.2. The van der Waals surface area contributed by atoms with E-state index in [0.29, 0.717) is 16.7 Å². The third kappa shape index (κ3) is 3.12. The summed E-state index contributed by atoms with van der Waals surface area (Å²) in [5, 5.41) is 5.21. The minimum absolute atomic E-state index is 0. The van der Waals surface area contributed by atoms with Crippen LogP contribution in [0.4, 0.5) is 0 Å². The summed E-state index contributed by atoms with van der Waals surface area (Å²) in [5.41, 5.74) is 0. The van der Waals surface area contributed by atoms with Gasteiger partial charge in [-0.2, -0.15) is 0 Å². The molecule has 0 spiro atoms. The first-order valence-corrected chi connectivity index (χ1v) is 6.24. The summed E-state index contributed by atoms with van der Waals surface area (Å²) < 4.78 is 5.17. The van der Waals surface area contributed by atoms with Gasteiger partial charge in [0.15, 0.2) is 0 Å². The van der Waals surface area contributed by atoms with Gasteiger partial charge in [-0.25, -0.2) is 0 Å². The van der Waals surface area contributed by atoms with Crippen molar-refractivity contribution in [3.63, 3.8) is 0 Å². The van der Waals surface area contributed by atoms with Gasteiger partial charge in [-0.3, -0.25) is 4.79 Å². The first-order chi connectivity index (χ1) is 7.72. The molecule has 17 heavy (non-hydrogen) atoms. The molecule has 2 rings (SSSR count). The van der Waals surface area contributed by atoms with Gasteiger partial charge in [-0.1, -0.05) is 0 Å². The molecule has 0 aromatic carbocycles. The van der Waals surface area contributed by atoms with E-state index in [9.17, 15) is 4.79 Å². The Hall–Kier alpha value is -0.780. The standard InChI is InChI=1S/C11H16N2O2S.ClH/c1-8-7-13(5-4-12-8)11(14)10-9(15-2)3-6-16-10;/h3,6,8,12H,4-5,7H2,1-2H3;1H/t8-;/m1./s1. The van der Waals surface area contributed by atoms with Crippen molar-refractivity contribution in [2.24, 2.45) is 0 Å². The Morgan fingerprint density at radius 1 is 1.65 bits per heavy atom. The number of rotatable bonds is 2. The Bertz CT molecular complexity index is 383. The summed E-state index contributed by atoms with van der Waals surface area (Å²) in [6, 6.07) is 2.20. The van der Waals surface area contributed by atoms with Gasteiger partial charge in [-0.05, 0) is 18.4 Å². The van der Waals surface area contributed by atoms with Crippen LogP contribution < -0.4 is 10.1 Å². The number of hydrogen-bond donors (Lipinski definition) is 1. The summed E-state index contributed by atoms with van der Waals surface area (Å²) in [6.07, 6.45) is 0. The number of carbonyl (C=O) groups is 1. The van der Waals surface area contributed by atoms with Gasteiger partial charge in [-0.15, -0.1) is 23.7 Å². The Morgan fingerprint density at radius 2 is 2.41 bits per heavy atom. The molecule has 0 aliphatic carbocycles. The average Bonchev–Trinajstić information content (AvgIpc) is 2.76. The summed E-state index contributed by atoms with van der Waals surface area (Å²) in [5.74, 6) is 0.765. The van der Waals surface area contributed by atoms with Crippen molar-refractivity contribution >= 4 is 29.7 Å². The van der Waals surface area contributed by atoms with Crippen molar-refractivity contribution in [2.45, 2.75) is 13.0 Å². The quantitative estimate of drug-likeness (QED) is 0.892. The second kappa shape index (κ2) is 6.23. The lowest BCUT2D eigenvalue weighted by atomic mass is 10.2. The number of carbonyl (C=O) groups excluding carboxylic acids is 1. The van der Waals surface area contributed by atoms with Gasteiger partial charge in [0.2, 0.25) is 0 Å². The van der Waals surface area contributed by atoms with Crippen molar-refractivity contribution in [1.29, 1.82) is 0 Å². The van der Waals surface area contributed by atoms with Gasteiger partial charge >= 0.3 is 0 Å². The van der Waals surface area contributed by atoms with E-state index in [1.54, 1.807) is 7.11 Å². The highest BCUT2D eigenvalue weighted by Gasteiger charge is 2.24. The van der Waals surface area contributed by atoms with Crippen molar-refractivity contribution in [2.75, 3.05) is 26.7 Å². The Balaban J connectivity index is 0.00000144. The molecule has 1 aromatic heterocycles. The first-order valence-electron chi connectivity index (χ1n) is 5.36. The van der Waals surface area contributed by atoms with Crippen LogP contribution in [0.5, 0.6) is 5.75 Å². The molecule has 96 valence electrons. The number of hydrogen-bond acceptors (Lipinski definition) is 4. The van der Waals surface area contributed by atoms with Crippen LogP contribution in [0, 0.1) is 0 Å². The molecule has 1 aromatic rings. The maximum Gasteiger partial charge on any atom is 0.267 e. The van der Waals surface area contributed by atoms with Gasteiger partial charge in [0.05, 0.1) is 7.11 Å². The molecule has 1 aliphatic rings. The van der Waals surface area contributed by atoms with Gasteiger partial charge in [0.1, 0.15) is 10.6 Å². The van der Waals surface area contributed by atoms with E-state index in [4.69, 9.17) is 4.74 Å². The van der Waals surface area contributed by atoms with E-state index in [1.807, 2.05) is 16.3 Å². The molecule has 1 atom stereocenters. The average molecular weight is 277 g/mol. The van der Waals surface area contributed by atoms with Gasteiger partial charge in [0.25, 0.3) is 5.91 Å². The summed E-state index contributed by atoms with van der Waals surface area (Å²) in [6.45, 7) is 4.48. The Kier molecular flexibility index (Phi) is 5.24. The zero-order chi connectivity index (χ0) is 11.5. The molecule has 0 unspecified atom stereocenters. The van der Waals surface area contributed by atoms with Crippen LogP contribution in [0.25, 0.3) is 0 Å². The monoisotopic (exact) mass is 276 g/mol. The topological polar surface area (TPSA) is 41.6 Å². The molecule has 0 bridgehead atoms. The smallest absolute Gasteiger partial charge is 0.267 e. The Labute approximate surface area is 111 Å². The number of nitrogens with zero attached hydrogens (tertiary/aromatic N) is 1. The molecule has 1 amide bonds. The molecular weight excluding hydrogens is 260 g/mol. The lowest BCUT2D eigenvalue weighted by Crippen LogP contribution is -2.51. The predicted octanol–water partition coefficient (Wildman–Crippen LogP) is 1.61. The number of methoxy groups -OCH3 is 1. The minimum Gasteiger partial charge on any atom is -0.495 e. The molecule has 0 radical (unpaired) electrons. The molecule has 2 heterocycles. The molecule has 1 saturated heterocycles. The molecule has 1 aliphatic heterocycles. The van der Waals surface area contributed by atoms with E-state index >= 15 is 0 Å². The van der Waals surface area contributed by atoms with Crippen molar-refractivity contribution < 1.29 is 9.53 Å². The Morgan fingerprint density at radius 3 is 3.06 bits per heavy atom. The van der Waals surface area contributed by atoms with Crippen LogP contribution >= 0.6 is 23.7 Å². The zero-order valence-electron chi connectivity index (χ0n) is 9.93. The first kappa shape index (κ1) is 14.3. The maximum atomic E-state index is 12.2. The second-order valence-electron chi connectivity index (χ2n) is 3.92. The number of piperazine rings is 1. The number of ether oxygens (including phenoxy) is 1. The van der Waals surface area contributed by atoms with Crippen molar-refractivity contribution in [3.05, 3.63) is 16.3 Å². The third-order valence-electron chi connectivity index (χ3n) is 2.70. The van der Waals surface area contributed by atoms with Crippen LogP contribution in [0.2, 0.25) is 0 Å². The molecule has 0 saturated carbocycles. The number of halogens is 1. The number of thiophene rings is 1. The molecular formula is C11H17ClN2O2S. The highest BCUT2D eigenvalue weighted by atomic mass is 35.5. The largest absolute Gasteiger partial charge is 0.495 e. The van der Waals surface area contributed by atoms with E-state index < -0.39 is 0 Å². The number of nitrogens with one attached hydrogen (secondary N) is 1. The third-order valence-corrected chi connectivity index (χ3v) is 3.58. The number of amides is 1. The lowest BCUT2D eigenvalue weighted by molar-refractivity contribution is 0.0711. The summed E-state index contributed by atoms with van der Waals surface area (Å²) >= 11 is 1.44. The highest BCUT2D eigenvalue weighted by Crippen LogP contribution is 2.26. The van der Waals surface area contributed by atoms with E-state index in [1.165, 1.54) is 11.3 Å². The predicted molar refractivity (Wildman–Crippen MR) is 71.5 cm³/mol. The van der Waals surface area contributed by atoms with Crippen molar-refractivity contribution in [3.8, 4) is 5.75 Å². The highest BCUT2D eigenvalue weighted by molar-refractivity contribution is 7.12. The van der Waals surface area contributed by atoms with Gasteiger partial charge in [0, 0.05) is 25.7 Å². The van der Waals surface area contributed by atoms with Crippen LogP contribution in [-0.2, 0) is 0 Å². The minimum atomic E-state index is 0. The fraction of sp³-hybridized carbons (Fsp3) is 0.545. The second-order valence-corrected chi connectivity index (χ2v) is 4.84. The molecule has 4 nitrogen and oxygen atoms in total. The van der Waals surface area contributed by atoms with Crippen molar-refractivity contribution in [1.82, 2.24) is 10.2 Å².